The maximum absolute atomic E-state index is 11.1. The summed E-state index contributed by atoms with van der Waals surface area (Å²) in [5.74, 6) is 0.566. The molecule has 0 atom stereocenters. The van der Waals surface area contributed by atoms with Gasteiger partial charge in [0, 0.05) is 24.4 Å². The van der Waals surface area contributed by atoms with E-state index in [1.807, 2.05) is 0 Å². The number of methoxy groups -OCH3 is 1. The molecule has 0 spiro atoms. The lowest BCUT2D eigenvalue weighted by Crippen LogP contribution is -2.05. The van der Waals surface area contributed by atoms with Gasteiger partial charge >= 0.3 is 0 Å². The molecular formula is C11H15NO3. The van der Waals surface area contributed by atoms with Crippen molar-refractivity contribution in [3.63, 3.8) is 0 Å². The topological polar surface area (TPSA) is 61.6 Å². The van der Waals surface area contributed by atoms with Gasteiger partial charge in [0.2, 0.25) is 0 Å². The molecule has 0 aliphatic heterocycles. The summed E-state index contributed by atoms with van der Waals surface area (Å²) in [5.41, 5.74) is 6.72. The van der Waals surface area contributed by atoms with Crippen molar-refractivity contribution in [2.24, 2.45) is 0 Å². The number of Topliss-reactive ketones (excluding diaryl/α,β-unsaturated/α-hetero) is 1. The van der Waals surface area contributed by atoms with Crippen molar-refractivity contribution in [2.75, 3.05) is 26.1 Å². The van der Waals surface area contributed by atoms with Crippen molar-refractivity contribution in [1.82, 2.24) is 0 Å². The second kappa shape index (κ2) is 5.36. The highest BCUT2D eigenvalue weighted by Gasteiger charge is 2.03. The van der Waals surface area contributed by atoms with Crippen LogP contribution in [0.2, 0.25) is 0 Å². The van der Waals surface area contributed by atoms with Crippen molar-refractivity contribution in [2.45, 2.75) is 6.92 Å². The second-order valence-electron chi connectivity index (χ2n) is 3.19. The van der Waals surface area contributed by atoms with Crippen LogP contribution in [-0.4, -0.2) is 26.1 Å². The first-order valence-corrected chi connectivity index (χ1v) is 4.66. The number of ether oxygens (including phenoxy) is 2. The number of rotatable bonds is 5. The lowest BCUT2D eigenvalue weighted by Gasteiger charge is -2.07. The summed E-state index contributed by atoms with van der Waals surface area (Å²) in [5, 5.41) is 0. The zero-order valence-corrected chi connectivity index (χ0v) is 8.95. The first kappa shape index (κ1) is 11.5. The molecular weight excluding hydrogens is 194 g/mol. The minimum absolute atomic E-state index is 0.0288. The van der Waals surface area contributed by atoms with E-state index >= 15 is 0 Å². The van der Waals surface area contributed by atoms with Gasteiger partial charge in [0.15, 0.2) is 5.78 Å². The van der Waals surface area contributed by atoms with Crippen molar-refractivity contribution in [3.05, 3.63) is 23.8 Å². The molecule has 0 fully saturated rings. The third-order valence-corrected chi connectivity index (χ3v) is 1.89. The number of carbonyl (C=O) groups excluding carboxylic acids is 1. The van der Waals surface area contributed by atoms with Crippen LogP contribution in [-0.2, 0) is 4.74 Å². The molecule has 0 aliphatic carbocycles. The van der Waals surface area contributed by atoms with Crippen LogP contribution in [0.15, 0.2) is 18.2 Å². The number of anilines is 1. The van der Waals surface area contributed by atoms with E-state index in [0.29, 0.717) is 30.2 Å². The second-order valence-corrected chi connectivity index (χ2v) is 3.19. The van der Waals surface area contributed by atoms with E-state index in [2.05, 4.69) is 0 Å². The highest BCUT2D eigenvalue weighted by molar-refractivity contribution is 5.95. The van der Waals surface area contributed by atoms with Gasteiger partial charge in [-0.2, -0.15) is 0 Å². The quantitative estimate of drug-likeness (QED) is 0.453. The molecule has 0 aromatic heterocycles. The molecule has 4 nitrogen and oxygen atoms in total. The molecule has 0 radical (unpaired) electrons. The number of nitrogen functional groups attached to an aromatic ring is 1. The number of nitrogens with two attached hydrogens (primary N) is 1. The number of hydrogen-bond donors (Lipinski definition) is 1. The van der Waals surface area contributed by atoms with Crippen LogP contribution < -0.4 is 10.5 Å². The minimum Gasteiger partial charge on any atom is -0.491 e. The van der Waals surface area contributed by atoms with E-state index in [1.54, 1.807) is 25.3 Å². The van der Waals surface area contributed by atoms with Gasteiger partial charge in [-0.15, -0.1) is 0 Å². The predicted molar refractivity (Wildman–Crippen MR) is 58.2 cm³/mol. The molecule has 0 unspecified atom stereocenters. The summed E-state index contributed by atoms with van der Waals surface area (Å²) in [6, 6.07) is 4.99. The summed E-state index contributed by atoms with van der Waals surface area (Å²) < 4.78 is 10.2. The molecule has 2 N–H and O–H groups in total. The number of carbonyl (C=O) groups is 1. The Labute approximate surface area is 89.0 Å². The highest BCUT2D eigenvalue weighted by Crippen LogP contribution is 2.19. The number of ketones is 1. The summed E-state index contributed by atoms with van der Waals surface area (Å²) in [6.45, 7) is 2.44. The first-order chi connectivity index (χ1) is 7.13. The third-order valence-electron chi connectivity index (χ3n) is 1.89. The van der Waals surface area contributed by atoms with Crippen LogP contribution in [0.1, 0.15) is 17.3 Å². The fraction of sp³-hybridized carbons (Fsp3) is 0.364. The summed E-state index contributed by atoms with van der Waals surface area (Å²) >= 11 is 0. The van der Waals surface area contributed by atoms with Crippen molar-refractivity contribution in [3.8, 4) is 5.75 Å². The Balaban J connectivity index is 2.75. The largest absolute Gasteiger partial charge is 0.491 e. The van der Waals surface area contributed by atoms with Crippen molar-refractivity contribution in [1.29, 1.82) is 0 Å². The Bertz CT molecular complexity index is 350. The lowest BCUT2D eigenvalue weighted by atomic mass is 10.1. The van der Waals surface area contributed by atoms with Crippen LogP contribution in [0.25, 0.3) is 0 Å². The van der Waals surface area contributed by atoms with E-state index in [9.17, 15) is 4.79 Å². The van der Waals surface area contributed by atoms with Gasteiger partial charge in [-0.05, 0) is 19.1 Å². The Morgan fingerprint density at radius 2 is 2.07 bits per heavy atom. The van der Waals surface area contributed by atoms with E-state index in [4.69, 9.17) is 15.2 Å². The Kier molecular flexibility index (Phi) is 4.12. The average Bonchev–Trinajstić information content (AvgIpc) is 2.17. The van der Waals surface area contributed by atoms with Crippen LogP contribution >= 0.6 is 0 Å². The van der Waals surface area contributed by atoms with E-state index in [1.165, 1.54) is 6.92 Å². The minimum atomic E-state index is -0.0288. The molecule has 0 amide bonds. The van der Waals surface area contributed by atoms with Gasteiger partial charge in [0.25, 0.3) is 0 Å². The summed E-state index contributed by atoms with van der Waals surface area (Å²) in [4.78, 5) is 11.1. The fourth-order valence-electron chi connectivity index (χ4n) is 1.15. The maximum atomic E-state index is 11.1. The predicted octanol–water partition coefficient (Wildman–Crippen LogP) is 1.50. The Morgan fingerprint density at radius 3 is 2.67 bits per heavy atom. The molecule has 1 aromatic rings. The maximum Gasteiger partial charge on any atom is 0.160 e. The monoisotopic (exact) mass is 209 g/mol. The molecule has 1 rings (SSSR count). The fourth-order valence-corrected chi connectivity index (χ4v) is 1.15. The van der Waals surface area contributed by atoms with Gasteiger partial charge in [-0.1, -0.05) is 0 Å². The SMILES string of the molecule is COCCOc1cc(N)cc(C(C)=O)c1. The van der Waals surface area contributed by atoms with Crippen LogP contribution in [0, 0.1) is 0 Å². The molecule has 4 heteroatoms. The summed E-state index contributed by atoms with van der Waals surface area (Å²) in [6.07, 6.45) is 0. The van der Waals surface area contributed by atoms with Crippen molar-refractivity contribution < 1.29 is 14.3 Å². The molecule has 0 bridgehead atoms. The van der Waals surface area contributed by atoms with E-state index in [0.717, 1.165) is 0 Å². The van der Waals surface area contributed by atoms with Gasteiger partial charge in [-0.3, -0.25) is 4.79 Å². The molecule has 0 saturated carbocycles. The zero-order valence-electron chi connectivity index (χ0n) is 8.95. The standard InChI is InChI=1S/C11H15NO3/c1-8(13)9-5-10(12)7-11(6-9)15-4-3-14-2/h5-7H,3-4,12H2,1-2H3. The van der Waals surface area contributed by atoms with E-state index in [-0.39, 0.29) is 5.78 Å². The van der Waals surface area contributed by atoms with Gasteiger partial charge in [-0.25, -0.2) is 0 Å². The van der Waals surface area contributed by atoms with Gasteiger partial charge in [0.05, 0.1) is 6.61 Å². The normalized spacial score (nSPS) is 10.0. The molecule has 0 aliphatic rings. The average molecular weight is 209 g/mol. The number of benzene rings is 1. The molecule has 15 heavy (non-hydrogen) atoms. The van der Waals surface area contributed by atoms with Crippen LogP contribution in [0.5, 0.6) is 5.75 Å². The van der Waals surface area contributed by atoms with E-state index < -0.39 is 0 Å². The molecule has 82 valence electrons. The third kappa shape index (κ3) is 3.59. The highest BCUT2D eigenvalue weighted by atomic mass is 16.5. The summed E-state index contributed by atoms with van der Waals surface area (Å²) in [7, 11) is 1.60. The number of hydrogen-bond acceptors (Lipinski definition) is 4. The van der Waals surface area contributed by atoms with Crippen molar-refractivity contribution >= 4 is 11.5 Å². The Morgan fingerprint density at radius 1 is 1.33 bits per heavy atom. The molecule has 1 aromatic carbocycles. The zero-order chi connectivity index (χ0) is 11.3. The smallest absolute Gasteiger partial charge is 0.160 e. The van der Waals surface area contributed by atoms with Crippen LogP contribution in [0.3, 0.4) is 0 Å². The lowest BCUT2D eigenvalue weighted by molar-refractivity contribution is 0.101. The molecule has 0 saturated heterocycles. The Hall–Kier alpha value is -1.55. The first-order valence-electron chi connectivity index (χ1n) is 4.66. The van der Waals surface area contributed by atoms with Crippen LogP contribution in [0.4, 0.5) is 5.69 Å². The van der Waals surface area contributed by atoms with Gasteiger partial charge < -0.3 is 15.2 Å². The molecule has 0 heterocycles. The van der Waals surface area contributed by atoms with Gasteiger partial charge in [0.1, 0.15) is 12.4 Å².